The molecular formula is C11H10N4O2. The molecule has 2 N–H and O–H groups in total. The molecule has 0 aromatic heterocycles. The summed E-state index contributed by atoms with van der Waals surface area (Å²) >= 11 is 0. The van der Waals surface area contributed by atoms with Crippen LogP contribution in [0.15, 0.2) is 23.3 Å². The summed E-state index contributed by atoms with van der Waals surface area (Å²) in [6.45, 7) is 0.0540. The van der Waals surface area contributed by atoms with Gasteiger partial charge >= 0.3 is 5.97 Å². The molecule has 1 aromatic carbocycles. The third kappa shape index (κ3) is 3.16. The van der Waals surface area contributed by atoms with Crippen LogP contribution in [0.1, 0.15) is 15.9 Å². The molecule has 0 heterocycles. The Morgan fingerprint density at radius 3 is 3.06 bits per heavy atom. The normalized spacial score (nSPS) is 8.53. The third-order valence-electron chi connectivity index (χ3n) is 1.95. The Labute approximate surface area is 98.0 Å². The van der Waals surface area contributed by atoms with Crippen LogP contribution in [0.2, 0.25) is 0 Å². The summed E-state index contributed by atoms with van der Waals surface area (Å²) in [5, 5.41) is 3.26. The number of nitrogens with zero attached hydrogens (tertiary/aromatic N) is 3. The monoisotopic (exact) mass is 230 g/mol. The standard InChI is InChI=1S/C11H10N4O2/c1-17-11(16)9-6-2-4-8(10(9)12)5-3-7-14-15-13/h2,4,6H,7,12H2,1H3. The molecule has 6 heteroatoms. The van der Waals surface area contributed by atoms with Crippen LogP contribution in [0.4, 0.5) is 5.69 Å². The topological polar surface area (TPSA) is 101 Å². The average Bonchev–Trinajstić information content (AvgIpc) is 2.35. The minimum absolute atomic E-state index is 0.0540. The lowest BCUT2D eigenvalue weighted by Crippen LogP contribution is -2.06. The molecule has 0 radical (unpaired) electrons. The Morgan fingerprint density at radius 2 is 2.41 bits per heavy atom. The smallest absolute Gasteiger partial charge is 0.339 e. The molecule has 0 saturated carbocycles. The number of carbonyl (C=O) groups is 1. The van der Waals surface area contributed by atoms with Gasteiger partial charge < -0.3 is 10.5 Å². The van der Waals surface area contributed by atoms with E-state index in [1.165, 1.54) is 7.11 Å². The van der Waals surface area contributed by atoms with E-state index in [9.17, 15) is 4.79 Å². The predicted octanol–water partition coefficient (Wildman–Crippen LogP) is 1.72. The van der Waals surface area contributed by atoms with Crippen molar-refractivity contribution in [2.45, 2.75) is 0 Å². The number of azide groups is 1. The van der Waals surface area contributed by atoms with E-state index < -0.39 is 5.97 Å². The minimum Gasteiger partial charge on any atom is -0.465 e. The van der Waals surface area contributed by atoms with Crippen LogP contribution >= 0.6 is 0 Å². The van der Waals surface area contributed by atoms with Crippen LogP contribution < -0.4 is 5.73 Å². The molecule has 17 heavy (non-hydrogen) atoms. The maximum Gasteiger partial charge on any atom is 0.339 e. The lowest BCUT2D eigenvalue weighted by molar-refractivity contribution is 0.0602. The van der Waals surface area contributed by atoms with Crippen LogP contribution in [0.25, 0.3) is 10.4 Å². The maximum atomic E-state index is 11.3. The molecule has 0 unspecified atom stereocenters. The fraction of sp³-hybridized carbons (Fsp3) is 0.182. The van der Waals surface area contributed by atoms with Gasteiger partial charge in [0.05, 0.1) is 24.9 Å². The van der Waals surface area contributed by atoms with Crippen molar-refractivity contribution in [2.24, 2.45) is 5.11 Å². The number of hydrogen-bond donors (Lipinski definition) is 1. The Kier molecular flexibility index (Phi) is 4.43. The molecule has 6 nitrogen and oxygen atoms in total. The van der Waals surface area contributed by atoms with Gasteiger partial charge in [-0.2, -0.15) is 0 Å². The summed E-state index contributed by atoms with van der Waals surface area (Å²) in [6.07, 6.45) is 0. The van der Waals surface area contributed by atoms with E-state index in [4.69, 9.17) is 11.3 Å². The van der Waals surface area contributed by atoms with Gasteiger partial charge in [-0.05, 0) is 17.7 Å². The number of anilines is 1. The molecule has 0 fully saturated rings. The number of para-hydroxylation sites is 1. The lowest BCUT2D eigenvalue weighted by Gasteiger charge is -2.04. The lowest BCUT2D eigenvalue weighted by atomic mass is 10.1. The van der Waals surface area contributed by atoms with E-state index >= 15 is 0 Å². The van der Waals surface area contributed by atoms with E-state index in [1.54, 1.807) is 18.2 Å². The van der Waals surface area contributed by atoms with Gasteiger partial charge in [0.15, 0.2) is 0 Å². The third-order valence-corrected chi connectivity index (χ3v) is 1.95. The summed E-state index contributed by atoms with van der Waals surface area (Å²) < 4.78 is 4.58. The molecule has 0 aliphatic rings. The van der Waals surface area contributed by atoms with Crippen molar-refractivity contribution in [3.63, 3.8) is 0 Å². The van der Waals surface area contributed by atoms with Gasteiger partial charge in [0.1, 0.15) is 0 Å². The van der Waals surface area contributed by atoms with E-state index in [1.807, 2.05) is 0 Å². The van der Waals surface area contributed by atoms with Crippen molar-refractivity contribution in [3.05, 3.63) is 39.8 Å². The Morgan fingerprint density at radius 1 is 1.65 bits per heavy atom. The van der Waals surface area contributed by atoms with Gasteiger partial charge in [-0.25, -0.2) is 4.79 Å². The zero-order chi connectivity index (χ0) is 12.7. The number of carbonyl (C=O) groups excluding carboxylic acids is 1. The number of esters is 1. The maximum absolute atomic E-state index is 11.3. The van der Waals surface area contributed by atoms with E-state index in [2.05, 4.69) is 26.6 Å². The molecular weight excluding hydrogens is 220 g/mol. The molecule has 0 spiro atoms. The van der Waals surface area contributed by atoms with E-state index in [0.717, 1.165) is 0 Å². The molecule has 0 saturated heterocycles. The van der Waals surface area contributed by atoms with E-state index in [-0.39, 0.29) is 17.8 Å². The highest BCUT2D eigenvalue weighted by Crippen LogP contribution is 2.17. The number of ether oxygens (including phenoxy) is 1. The highest BCUT2D eigenvalue weighted by molar-refractivity contribution is 5.96. The van der Waals surface area contributed by atoms with Crippen LogP contribution in [0.3, 0.4) is 0 Å². The summed E-state index contributed by atoms with van der Waals surface area (Å²) in [4.78, 5) is 13.9. The Hall–Kier alpha value is -2.64. The van der Waals surface area contributed by atoms with Gasteiger partial charge in [-0.3, -0.25) is 0 Å². The van der Waals surface area contributed by atoms with Crippen LogP contribution in [-0.4, -0.2) is 19.6 Å². The molecule has 0 amide bonds. The minimum atomic E-state index is -0.513. The number of benzene rings is 1. The van der Waals surface area contributed by atoms with Crippen LogP contribution in [0, 0.1) is 11.8 Å². The number of nitrogens with two attached hydrogens (primary N) is 1. The summed E-state index contributed by atoms with van der Waals surface area (Å²) in [5.41, 5.74) is 14.9. The van der Waals surface area contributed by atoms with Gasteiger partial charge in [-0.1, -0.05) is 23.0 Å². The van der Waals surface area contributed by atoms with Crippen molar-refractivity contribution in [1.82, 2.24) is 0 Å². The molecule has 0 bridgehead atoms. The van der Waals surface area contributed by atoms with Crippen molar-refractivity contribution in [2.75, 3.05) is 19.4 Å². The number of methoxy groups -OCH3 is 1. The highest BCUT2D eigenvalue weighted by Gasteiger charge is 2.11. The first-order valence-corrected chi connectivity index (χ1v) is 4.67. The second-order valence-corrected chi connectivity index (χ2v) is 2.95. The highest BCUT2D eigenvalue weighted by atomic mass is 16.5. The molecule has 0 aliphatic heterocycles. The zero-order valence-corrected chi connectivity index (χ0v) is 9.17. The first-order valence-electron chi connectivity index (χ1n) is 4.67. The first kappa shape index (κ1) is 12.4. The first-order chi connectivity index (χ1) is 8.20. The van der Waals surface area contributed by atoms with Gasteiger partial charge in [-0.15, -0.1) is 0 Å². The Balaban J connectivity index is 3.04. The molecule has 0 atom stereocenters. The summed E-state index contributed by atoms with van der Waals surface area (Å²) in [5.74, 6) is 4.83. The van der Waals surface area contributed by atoms with Crippen molar-refractivity contribution >= 4 is 11.7 Å². The van der Waals surface area contributed by atoms with Crippen molar-refractivity contribution in [1.29, 1.82) is 0 Å². The van der Waals surface area contributed by atoms with Crippen molar-refractivity contribution in [3.8, 4) is 11.8 Å². The quantitative estimate of drug-likeness (QED) is 0.209. The predicted molar refractivity (Wildman–Crippen MR) is 63.1 cm³/mol. The molecule has 0 aliphatic carbocycles. The fourth-order valence-electron chi connectivity index (χ4n) is 1.16. The number of rotatable bonds is 2. The van der Waals surface area contributed by atoms with Gasteiger partial charge in [0.2, 0.25) is 0 Å². The van der Waals surface area contributed by atoms with Crippen LogP contribution in [0.5, 0.6) is 0 Å². The zero-order valence-electron chi connectivity index (χ0n) is 9.17. The molecule has 86 valence electrons. The fourth-order valence-corrected chi connectivity index (χ4v) is 1.16. The van der Waals surface area contributed by atoms with Crippen LogP contribution in [-0.2, 0) is 4.74 Å². The average molecular weight is 230 g/mol. The SMILES string of the molecule is COC(=O)c1cccc(C#CCN=[N+]=[N-])c1N. The van der Waals surface area contributed by atoms with Gasteiger partial charge in [0.25, 0.3) is 0 Å². The molecule has 1 rings (SSSR count). The number of nitrogen functional groups attached to an aromatic ring is 1. The second kappa shape index (κ2) is 6.05. The molecule has 1 aromatic rings. The largest absolute Gasteiger partial charge is 0.465 e. The summed E-state index contributed by atoms with van der Waals surface area (Å²) in [6, 6.07) is 4.88. The van der Waals surface area contributed by atoms with Crippen molar-refractivity contribution < 1.29 is 9.53 Å². The van der Waals surface area contributed by atoms with Gasteiger partial charge in [0, 0.05) is 10.5 Å². The second-order valence-electron chi connectivity index (χ2n) is 2.95. The summed E-state index contributed by atoms with van der Waals surface area (Å²) in [7, 11) is 1.28. The Bertz CT molecular complexity index is 536. The number of hydrogen-bond acceptors (Lipinski definition) is 4. The van der Waals surface area contributed by atoms with E-state index in [0.29, 0.717) is 5.56 Å².